The number of carbonyl (C=O) groups excluding carboxylic acids is 2. The van der Waals surface area contributed by atoms with Crippen LogP contribution >= 0.6 is 11.3 Å². The van der Waals surface area contributed by atoms with Gasteiger partial charge in [0.1, 0.15) is 0 Å². The summed E-state index contributed by atoms with van der Waals surface area (Å²) in [7, 11) is 0. The number of aliphatic hydroxyl groups is 1. The number of hydrogen-bond donors (Lipinski definition) is 2. The standard InChI is InChI=1S/C12H16N2O3S/c15-9-4-6-14(8-9)11(16)3-5-13-12(17)10-2-1-7-18-10/h1-2,7,9,15H,3-6,8H2,(H,13,17)/t9-/m1/s1. The maximum Gasteiger partial charge on any atom is 0.261 e. The van der Waals surface area contributed by atoms with Gasteiger partial charge in [-0.15, -0.1) is 11.3 Å². The monoisotopic (exact) mass is 268 g/mol. The van der Waals surface area contributed by atoms with Crippen LogP contribution in [0.2, 0.25) is 0 Å². The first-order valence-corrected chi connectivity index (χ1v) is 6.82. The first-order chi connectivity index (χ1) is 8.66. The van der Waals surface area contributed by atoms with E-state index in [2.05, 4.69) is 5.32 Å². The van der Waals surface area contributed by atoms with E-state index in [1.807, 2.05) is 11.4 Å². The SMILES string of the molecule is O=C(NCCC(=O)N1CC[C@@H](O)C1)c1cccs1. The average Bonchev–Trinajstić information content (AvgIpc) is 2.99. The van der Waals surface area contributed by atoms with Crippen molar-refractivity contribution in [2.24, 2.45) is 0 Å². The Labute approximate surface area is 109 Å². The molecule has 2 rings (SSSR count). The number of carbonyl (C=O) groups is 2. The molecule has 1 fully saturated rings. The van der Waals surface area contributed by atoms with Gasteiger partial charge in [0, 0.05) is 26.1 Å². The van der Waals surface area contributed by atoms with Crippen molar-refractivity contribution < 1.29 is 14.7 Å². The lowest BCUT2D eigenvalue weighted by atomic mass is 10.3. The lowest BCUT2D eigenvalue weighted by molar-refractivity contribution is -0.130. The average molecular weight is 268 g/mol. The summed E-state index contributed by atoms with van der Waals surface area (Å²) in [6.45, 7) is 1.36. The molecule has 5 nitrogen and oxygen atoms in total. The number of amides is 2. The second-order valence-corrected chi connectivity index (χ2v) is 5.21. The van der Waals surface area contributed by atoms with Gasteiger partial charge in [-0.05, 0) is 17.9 Å². The highest BCUT2D eigenvalue weighted by atomic mass is 32.1. The van der Waals surface area contributed by atoms with Crippen molar-refractivity contribution in [1.82, 2.24) is 10.2 Å². The smallest absolute Gasteiger partial charge is 0.261 e. The highest BCUT2D eigenvalue weighted by molar-refractivity contribution is 7.12. The maximum atomic E-state index is 11.7. The van der Waals surface area contributed by atoms with Crippen molar-refractivity contribution >= 4 is 23.2 Å². The van der Waals surface area contributed by atoms with Crippen molar-refractivity contribution in [1.29, 1.82) is 0 Å². The molecule has 0 saturated carbocycles. The van der Waals surface area contributed by atoms with Gasteiger partial charge in [0.25, 0.3) is 5.91 Å². The third-order valence-corrected chi connectivity index (χ3v) is 3.75. The number of likely N-dealkylation sites (tertiary alicyclic amines) is 1. The Kier molecular flexibility index (Phi) is 4.33. The third-order valence-electron chi connectivity index (χ3n) is 2.89. The zero-order valence-electron chi connectivity index (χ0n) is 9.96. The van der Waals surface area contributed by atoms with Gasteiger partial charge >= 0.3 is 0 Å². The van der Waals surface area contributed by atoms with Crippen LogP contribution in [0, 0.1) is 0 Å². The molecule has 1 aliphatic heterocycles. The van der Waals surface area contributed by atoms with Crippen LogP contribution in [0.4, 0.5) is 0 Å². The van der Waals surface area contributed by atoms with E-state index in [0.717, 1.165) is 0 Å². The topological polar surface area (TPSA) is 69.6 Å². The van der Waals surface area contributed by atoms with Crippen molar-refractivity contribution in [3.63, 3.8) is 0 Å². The van der Waals surface area contributed by atoms with Crippen LogP contribution in [0.15, 0.2) is 17.5 Å². The lowest BCUT2D eigenvalue weighted by Gasteiger charge is -2.15. The molecule has 1 saturated heterocycles. The number of β-amino-alcohol motifs (C(OH)–C–C–N with tert-alkyl or cyclic N) is 1. The van der Waals surface area contributed by atoms with Crippen molar-refractivity contribution in [3.05, 3.63) is 22.4 Å². The molecule has 0 aromatic carbocycles. The Balaban J connectivity index is 1.69. The quantitative estimate of drug-likeness (QED) is 0.833. The summed E-state index contributed by atoms with van der Waals surface area (Å²) in [5, 5.41) is 13.9. The molecular formula is C12H16N2O3S. The Morgan fingerprint density at radius 1 is 1.56 bits per heavy atom. The predicted octanol–water partition coefficient (Wildman–Crippen LogP) is 0.461. The second kappa shape index (κ2) is 5.97. The Bertz CT molecular complexity index is 419. The van der Waals surface area contributed by atoms with Gasteiger partial charge in [-0.25, -0.2) is 0 Å². The number of rotatable bonds is 4. The lowest BCUT2D eigenvalue weighted by Crippen LogP contribution is -2.33. The Morgan fingerprint density at radius 3 is 3.00 bits per heavy atom. The fourth-order valence-corrected chi connectivity index (χ4v) is 2.54. The van der Waals surface area contributed by atoms with E-state index in [1.54, 1.807) is 11.0 Å². The van der Waals surface area contributed by atoms with E-state index in [-0.39, 0.29) is 18.2 Å². The molecule has 18 heavy (non-hydrogen) atoms. The van der Waals surface area contributed by atoms with E-state index in [9.17, 15) is 14.7 Å². The van der Waals surface area contributed by atoms with Crippen molar-refractivity contribution in [3.8, 4) is 0 Å². The molecule has 6 heteroatoms. The molecular weight excluding hydrogens is 252 g/mol. The van der Waals surface area contributed by atoms with Crippen LogP contribution in [0.1, 0.15) is 22.5 Å². The van der Waals surface area contributed by atoms with Crippen molar-refractivity contribution in [2.45, 2.75) is 18.9 Å². The number of nitrogens with zero attached hydrogens (tertiary/aromatic N) is 1. The number of nitrogens with one attached hydrogen (secondary N) is 1. The number of thiophene rings is 1. The molecule has 1 aromatic rings. The van der Waals surface area contributed by atoms with Crippen LogP contribution in [0.3, 0.4) is 0 Å². The summed E-state index contributed by atoms with van der Waals surface area (Å²) < 4.78 is 0. The highest BCUT2D eigenvalue weighted by Crippen LogP contribution is 2.10. The van der Waals surface area contributed by atoms with E-state index in [4.69, 9.17) is 0 Å². The van der Waals surface area contributed by atoms with E-state index >= 15 is 0 Å². The van der Waals surface area contributed by atoms with Crippen molar-refractivity contribution in [2.75, 3.05) is 19.6 Å². The molecule has 0 bridgehead atoms. The van der Waals surface area contributed by atoms with E-state index in [0.29, 0.717) is 30.9 Å². The van der Waals surface area contributed by atoms with Gasteiger partial charge < -0.3 is 15.3 Å². The molecule has 2 amide bonds. The molecule has 0 aliphatic carbocycles. The molecule has 1 aromatic heterocycles. The van der Waals surface area contributed by atoms with E-state index < -0.39 is 6.10 Å². The van der Waals surface area contributed by atoms with Gasteiger partial charge in [0.05, 0.1) is 11.0 Å². The van der Waals surface area contributed by atoms with Crippen LogP contribution in [-0.2, 0) is 4.79 Å². The molecule has 2 heterocycles. The Morgan fingerprint density at radius 2 is 2.39 bits per heavy atom. The minimum atomic E-state index is -0.394. The number of aliphatic hydroxyl groups excluding tert-OH is 1. The van der Waals surface area contributed by atoms with Crippen LogP contribution in [0.5, 0.6) is 0 Å². The fourth-order valence-electron chi connectivity index (χ4n) is 1.90. The third kappa shape index (κ3) is 3.30. The van der Waals surface area contributed by atoms with E-state index in [1.165, 1.54) is 11.3 Å². The van der Waals surface area contributed by atoms with Gasteiger partial charge in [-0.2, -0.15) is 0 Å². The first kappa shape index (κ1) is 13.0. The molecule has 98 valence electrons. The van der Waals surface area contributed by atoms with Crippen LogP contribution in [0.25, 0.3) is 0 Å². The predicted molar refractivity (Wildman–Crippen MR) is 68.5 cm³/mol. The second-order valence-electron chi connectivity index (χ2n) is 4.27. The molecule has 1 atom stereocenters. The van der Waals surface area contributed by atoms with Gasteiger partial charge in [-0.3, -0.25) is 9.59 Å². The zero-order chi connectivity index (χ0) is 13.0. The largest absolute Gasteiger partial charge is 0.391 e. The molecule has 0 radical (unpaired) electrons. The first-order valence-electron chi connectivity index (χ1n) is 5.94. The molecule has 1 aliphatic rings. The summed E-state index contributed by atoms with van der Waals surface area (Å²) in [6, 6.07) is 3.56. The zero-order valence-corrected chi connectivity index (χ0v) is 10.8. The minimum Gasteiger partial charge on any atom is -0.391 e. The van der Waals surface area contributed by atoms with Gasteiger partial charge in [-0.1, -0.05) is 6.07 Å². The molecule has 2 N–H and O–H groups in total. The summed E-state index contributed by atoms with van der Waals surface area (Å²) in [5.74, 6) is -0.155. The van der Waals surface area contributed by atoms with Crippen LogP contribution in [-0.4, -0.2) is 47.6 Å². The minimum absolute atomic E-state index is 0.0157. The molecule has 0 unspecified atom stereocenters. The summed E-state index contributed by atoms with van der Waals surface area (Å²) >= 11 is 1.38. The van der Waals surface area contributed by atoms with Gasteiger partial charge in [0.15, 0.2) is 0 Å². The highest BCUT2D eigenvalue weighted by Gasteiger charge is 2.23. The normalized spacial score (nSPS) is 18.9. The maximum absolute atomic E-state index is 11.7. The Hall–Kier alpha value is -1.40. The van der Waals surface area contributed by atoms with Crippen LogP contribution < -0.4 is 5.32 Å². The summed E-state index contributed by atoms with van der Waals surface area (Å²) in [4.78, 5) is 25.6. The fraction of sp³-hybridized carbons (Fsp3) is 0.500. The summed E-state index contributed by atoms with van der Waals surface area (Å²) in [5.41, 5.74) is 0. The van der Waals surface area contributed by atoms with Gasteiger partial charge in [0.2, 0.25) is 5.91 Å². The number of hydrogen-bond acceptors (Lipinski definition) is 4. The molecule has 0 spiro atoms. The summed E-state index contributed by atoms with van der Waals surface area (Å²) in [6.07, 6.45) is 0.534.